The van der Waals surface area contributed by atoms with Crippen LogP contribution in [-0.4, -0.2) is 47.0 Å². The monoisotopic (exact) mass is 488 g/mol. The lowest BCUT2D eigenvalue weighted by molar-refractivity contribution is 0.400. The Hall–Kier alpha value is -0.000000000000000111. The molecule has 1 heterocycles. The Balaban J connectivity index is 1.92. The molecule has 0 aromatic heterocycles. The van der Waals surface area contributed by atoms with E-state index in [1.165, 1.54) is 6.07 Å². The van der Waals surface area contributed by atoms with Crippen LogP contribution in [0, 0.1) is 0 Å². The molecule has 130 valence electrons. The molecule has 2 N–H and O–H groups in total. The highest BCUT2D eigenvalue weighted by Gasteiger charge is 2.37. The van der Waals surface area contributed by atoms with Gasteiger partial charge in [-0.3, -0.25) is 0 Å². The van der Waals surface area contributed by atoms with Crippen molar-refractivity contribution in [2.75, 3.05) is 24.6 Å². The zero-order valence-electron chi connectivity index (χ0n) is 12.5. The molecule has 2 rings (SSSR count). The van der Waals surface area contributed by atoms with Gasteiger partial charge in [-0.2, -0.15) is 0 Å². The average Bonchev–Trinajstić information content (AvgIpc) is 2.72. The molecule has 1 aliphatic heterocycles. The molecule has 1 saturated heterocycles. The molecule has 0 aliphatic carbocycles. The van der Waals surface area contributed by atoms with Gasteiger partial charge in [-0.1, -0.05) is 15.9 Å². The van der Waals surface area contributed by atoms with Crippen molar-refractivity contribution in [3.05, 3.63) is 27.1 Å². The molecule has 1 atom stereocenters. The first kappa shape index (κ1) is 19.3. The average molecular weight is 490 g/mol. The lowest BCUT2D eigenvalue weighted by atomic mass is 10.0. The van der Waals surface area contributed by atoms with E-state index >= 15 is 0 Å². The Kier molecular flexibility index (Phi) is 5.95. The number of sulfone groups is 1. The highest BCUT2D eigenvalue weighted by atomic mass is 79.9. The second-order valence-corrected chi connectivity index (χ2v) is 11.5. The zero-order chi connectivity index (χ0) is 17.3. The Labute approximate surface area is 153 Å². The number of rotatable bonds is 6. The van der Waals surface area contributed by atoms with E-state index in [2.05, 4.69) is 41.9 Å². The predicted octanol–water partition coefficient (Wildman–Crippen LogP) is 1.66. The fraction of sp³-hybridized carbons (Fsp3) is 0.538. The Morgan fingerprint density at radius 3 is 2.57 bits per heavy atom. The van der Waals surface area contributed by atoms with Crippen LogP contribution in [0.3, 0.4) is 0 Å². The SMILES string of the molecule is C[C@]1(NCCNS(=O)(=O)c2cc(Br)ccc2Br)CCS(=O)(=O)C1. The molecule has 0 unspecified atom stereocenters. The summed E-state index contributed by atoms with van der Waals surface area (Å²) in [6.07, 6.45) is 0.541. The van der Waals surface area contributed by atoms with Crippen LogP contribution in [0.25, 0.3) is 0 Å². The highest BCUT2D eigenvalue weighted by Crippen LogP contribution is 2.25. The van der Waals surface area contributed by atoms with Gasteiger partial charge in [0.1, 0.15) is 0 Å². The normalized spacial score (nSPS) is 24.0. The molecule has 0 radical (unpaired) electrons. The fourth-order valence-electron chi connectivity index (χ4n) is 2.46. The van der Waals surface area contributed by atoms with Gasteiger partial charge >= 0.3 is 0 Å². The van der Waals surface area contributed by atoms with Gasteiger partial charge in [0.2, 0.25) is 10.0 Å². The van der Waals surface area contributed by atoms with Gasteiger partial charge in [0.05, 0.1) is 16.4 Å². The molecule has 1 aromatic carbocycles. The van der Waals surface area contributed by atoms with Gasteiger partial charge in [-0.15, -0.1) is 0 Å². The molecule has 0 saturated carbocycles. The maximum absolute atomic E-state index is 12.3. The largest absolute Gasteiger partial charge is 0.309 e. The minimum absolute atomic E-state index is 0.0872. The Morgan fingerprint density at radius 2 is 1.96 bits per heavy atom. The van der Waals surface area contributed by atoms with E-state index in [4.69, 9.17) is 0 Å². The van der Waals surface area contributed by atoms with Gasteiger partial charge in [-0.05, 0) is 47.5 Å². The number of hydrogen-bond acceptors (Lipinski definition) is 5. The Bertz CT molecular complexity index is 796. The molecule has 10 heteroatoms. The maximum Gasteiger partial charge on any atom is 0.241 e. The molecular formula is C13H18Br2N2O4S2. The molecule has 0 amide bonds. The first-order chi connectivity index (χ1) is 10.5. The van der Waals surface area contributed by atoms with Crippen molar-refractivity contribution in [3.63, 3.8) is 0 Å². The van der Waals surface area contributed by atoms with E-state index in [9.17, 15) is 16.8 Å². The van der Waals surface area contributed by atoms with E-state index in [1.54, 1.807) is 12.1 Å². The first-order valence-electron chi connectivity index (χ1n) is 6.93. The first-order valence-corrected chi connectivity index (χ1v) is 11.8. The smallest absolute Gasteiger partial charge is 0.241 e. The quantitative estimate of drug-likeness (QED) is 0.593. The Morgan fingerprint density at radius 1 is 1.26 bits per heavy atom. The van der Waals surface area contributed by atoms with Gasteiger partial charge in [0.25, 0.3) is 0 Å². The van der Waals surface area contributed by atoms with E-state index in [-0.39, 0.29) is 22.9 Å². The van der Waals surface area contributed by atoms with Crippen LogP contribution in [0.5, 0.6) is 0 Å². The lowest BCUT2D eigenvalue weighted by Gasteiger charge is -2.24. The topological polar surface area (TPSA) is 92.3 Å². The summed E-state index contributed by atoms with van der Waals surface area (Å²) >= 11 is 6.48. The predicted molar refractivity (Wildman–Crippen MR) is 96.7 cm³/mol. The van der Waals surface area contributed by atoms with Crippen molar-refractivity contribution in [2.24, 2.45) is 0 Å². The third-order valence-electron chi connectivity index (χ3n) is 3.65. The van der Waals surface area contributed by atoms with Gasteiger partial charge in [-0.25, -0.2) is 21.6 Å². The summed E-state index contributed by atoms with van der Waals surface area (Å²) in [5.74, 6) is 0.261. The molecule has 1 aromatic rings. The standard InChI is InChI=1S/C13H18Br2N2O4S2/c1-13(4-7-22(18,19)9-13)16-5-6-17-23(20,21)12-8-10(14)2-3-11(12)15/h2-3,8,16-17H,4-7,9H2,1H3/t13-/m0/s1. The highest BCUT2D eigenvalue weighted by molar-refractivity contribution is 9.11. The number of hydrogen-bond donors (Lipinski definition) is 2. The van der Waals surface area contributed by atoms with Crippen molar-refractivity contribution in [3.8, 4) is 0 Å². The van der Waals surface area contributed by atoms with Crippen LogP contribution in [0.1, 0.15) is 13.3 Å². The second kappa shape index (κ2) is 7.09. The summed E-state index contributed by atoms with van der Waals surface area (Å²) in [6, 6.07) is 4.91. The molecular weight excluding hydrogens is 472 g/mol. The molecule has 1 aliphatic rings. The molecule has 1 fully saturated rings. The molecule has 23 heavy (non-hydrogen) atoms. The van der Waals surface area contributed by atoms with Crippen LogP contribution in [-0.2, 0) is 19.9 Å². The zero-order valence-corrected chi connectivity index (χ0v) is 17.3. The lowest BCUT2D eigenvalue weighted by Crippen LogP contribution is -2.46. The van der Waals surface area contributed by atoms with Gasteiger partial charge in [0.15, 0.2) is 9.84 Å². The number of sulfonamides is 1. The number of nitrogens with one attached hydrogen (secondary N) is 2. The summed E-state index contributed by atoms with van der Waals surface area (Å²) in [7, 11) is -6.62. The molecule has 0 bridgehead atoms. The third-order valence-corrected chi connectivity index (χ3v) is 8.51. The van der Waals surface area contributed by atoms with E-state index in [0.717, 1.165) is 0 Å². The van der Waals surface area contributed by atoms with Crippen molar-refractivity contribution < 1.29 is 16.8 Å². The van der Waals surface area contributed by atoms with E-state index in [0.29, 0.717) is 21.9 Å². The van der Waals surface area contributed by atoms with Gasteiger partial charge < -0.3 is 5.32 Å². The second-order valence-electron chi connectivity index (χ2n) is 5.80. The van der Waals surface area contributed by atoms with Crippen molar-refractivity contribution in [1.29, 1.82) is 0 Å². The summed E-state index contributed by atoms with van der Waals surface area (Å²) < 4.78 is 51.3. The van der Waals surface area contributed by atoms with E-state index < -0.39 is 25.4 Å². The van der Waals surface area contributed by atoms with Crippen LogP contribution in [0.2, 0.25) is 0 Å². The van der Waals surface area contributed by atoms with Crippen molar-refractivity contribution in [2.45, 2.75) is 23.8 Å². The molecule has 6 nitrogen and oxygen atoms in total. The van der Waals surface area contributed by atoms with Crippen LogP contribution < -0.4 is 10.0 Å². The summed E-state index contributed by atoms with van der Waals surface area (Å²) in [4.78, 5) is 0.154. The summed E-state index contributed by atoms with van der Waals surface area (Å²) in [6.45, 7) is 2.38. The van der Waals surface area contributed by atoms with Gasteiger partial charge in [0, 0.05) is 27.6 Å². The maximum atomic E-state index is 12.3. The van der Waals surface area contributed by atoms with E-state index in [1.807, 2.05) is 6.92 Å². The number of benzene rings is 1. The van der Waals surface area contributed by atoms with Crippen LogP contribution >= 0.6 is 31.9 Å². The molecule has 0 spiro atoms. The minimum Gasteiger partial charge on any atom is -0.309 e. The fourth-order valence-corrected chi connectivity index (χ4v) is 7.12. The van der Waals surface area contributed by atoms with Crippen molar-refractivity contribution >= 4 is 51.7 Å². The van der Waals surface area contributed by atoms with Crippen LogP contribution in [0.15, 0.2) is 32.0 Å². The third kappa shape index (κ3) is 5.23. The van der Waals surface area contributed by atoms with Crippen LogP contribution in [0.4, 0.5) is 0 Å². The summed E-state index contributed by atoms with van der Waals surface area (Å²) in [5.41, 5.74) is -0.485. The summed E-state index contributed by atoms with van der Waals surface area (Å²) in [5, 5.41) is 3.14. The number of halogens is 2. The minimum atomic E-state index is -3.64. The van der Waals surface area contributed by atoms with Crippen molar-refractivity contribution in [1.82, 2.24) is 10.0 Å².